The van der Waals surface area contributed by atoms with E-state index in [9.17, 15) is 4.79 Å². The van der Waals surface area contributed by atoms with E-state index in [0.717, 1.165) is 12.8 Å². The first-order chi connectivity index (χ1) is 9.33. The van der Waals surface area contributed by atoms with Crippen LogP contribution in [-0.2, 0) is 4.79 Å². The van der Waals surface area contributed by atoms with Gasteiger partial charge in [0.05, 0.1) is 0 Å². The summed E-state index contributed by atoms with van der Waals surface area (Å²) in [5.74, 6) is 0. The summed E-state index contributed by atoms with van der Waals surface area (Å²) in [6.45, 7) is 9.18. The van der Waals surface area contributed by atoms with Crippen LogP contribution in [0.4, 0.5) is 0 Å². The normalized spacial score (nSPS) is 9.32. The van der Waals surface area contributed by atoms with Crippen LogP contribution in [0.2, 0.25) is 0 Å². The number of aldehydes is 1. The summed E-state index contributed by atoms with van der Waals surface area (Å²) in [6.07, 6.45) is 15.5. The van der Waals surface area contributed by atoms with Crippen LogP contribution in [0.1, 0.15) is 79.1 Å². The molecule has 0 rings (SSSR count). The van der Waals surface area contributed by atoms with Gasteiger partial charge in [-0.1, -0.05) is 65.5 Å². The first-order valence-electron chi connectivity index (χ1n) is 8.06. The smallest absolute Gasteiger partial charge is 0.119 e. The Morgan fingerprint density at radius 2 is 1.42 bits per heavy atom. The Morgan fingerprint density at radius 1 is 0.895 bits per heavy atom. The summed E-state index contributed by atoms with van der Waals surface area (Å²) in [4.78, 5) is 9.17. The van der Waals surface area contributed by atoms with E-state index in [4.69, 9.17) is 0 Å². The molecule has 0 aliphatic carbocycles. The third-order valence-electron chi connectivity index (χ3n) is 2.37. The fraction of sp³-hybridized carbons (Fsp3) is 0.824. The molecule has 2 nitrogen and oxygen atoms in total. The van der Waals surface area contributed by atoms with E-state index in [1.807, 2.05) is 27.8 Å². The second kappa shape index (κ2) is 30.4. The van der Waals surface area contributed by atoms with Gasteiger partial charge in [-0.3, -0.25) is 0 Å². The summed E-state index contributed by atoms with van der Waals surface area (Å²) in [6, 6.07) is 0. The maximum atomic E-state index is 9.17. The highest BCUT2D eigenvalue weighted by atomic mass is 16.1. The molecule has 0 aromatic carbocycles. The zero-order valence-corrected chi connectivity index (χ0v) is 14.0. The quantitative estimate of drug-likeness (QED) is 0.339. The molecule has 0 atom stereocenters. The molecule has 0 radical (unpaired) electrons. The Hall–Kier alpha value is -0.630. The van der Waals surface area contributed by atoms with Gasteiger partial charge in [-0.15, -0.1) is 0 Å². The largest absolute Gasteiger partial charge is 0.319 e. The molecule has 0 bridgehead atoms. The minimum Gasteiger partial charge on any atom is -0.319 e. The molecular weight excluding hydrogens is 234 g/mol. The van der Waals surface area contributed by atoms with Crippen LogP contribution in [0, 0.1) is 0 Å². The first-order valence-corrected chi connectivity index (χ1v) is 8.06. The molecule has 0 fully saturated rings. The highest BCUT2D eigenvalue weighted by molar-refractivity contribution is 5.48. The average Bonchev–Trinajstić information content (AvgIpc) is 2.48. The molecule has 0 saturated heterocycles. The van der Waals surface area contributed by atoms with Crippen molar-refractivity contribution in [1.29, 1.82) is 0 Å². The number of carbonyl (C=O) groups is 1. The minimum atomic E-state index is 0.639. The summed E-state index contributed by atoms with van der Waals surface area (Å²) in [5, 5.41) is 3.14. The van der Waals surface area contributed by atoms with Crippen LogP contribution in [0.3, 0.4) is 0 Å². The van der Waals surface area contributed by atoms with Crippen LogP contribution in [0.5, 0.6) is 0 Å². The van der Waals surface area contributed by atoms with Crippen LogP contribution >= 0.6 is 0 Å². The Labute approximate surface area is 122 Å². The molecule has 0 aromatic rings. The van der Waals surface area contributed by atoms with Gasteiger partial charge < -0.3 is 10.1 Å². The van der Waals surface area contributed by atoms with E-state index in [0.29, 0.717) is 6.42 Å². The van der Waals surface area contributed by atoms with Gasteiger partial charge in [0.25, 0.3) is 0 Å². The number of unbranched alkanes of at least 4 members (excludes halogenated alkanes) is 5. The third kappa shape index (κ3) is 38.2. The zero-order chi connectivity index (χ0) is 15.2. The second-order valence-corrected chi connectivity index (χ2v) is 4.14. The monoisotopic (exact) mass is 271 g/mol. The van der Waals surface area contributed by atoms with E-state index < -0.39 is 0 Å². The standard InChI is InChI=1S/C12H25N.C3H6O.C2H6/c1-3-4-5-6-7-8-9-10-11-12-13-2;1-2-3-4;1-2/h9-10,13H,3-8,11-12H2,1-2H3;3H,2H2,1H3;1-2H3/b10-9-;;. The second-order valence-electron chi connectivity index (χ2n) is 4.14. The van der Waals surface area contributed by atoms with Crippen LogP contribution in [0.15, 0.2) is 12.2 Å². The molecule has 0 spiro atoms. The van der Waals surface area contributed by atoms with Crippen LogP contribution in [-0.4, -0.2) is 19.9 Å². The van der Waals surface area contributed by atoms with Crippen molar-refractivity contribution in [3.8, 4) is 0 Å². The zero-order valence-electron chi connectivity index (χ0n) is 14.0. The fourth-order valence-corrected chi connectivity index (χ4v) is 1.33. The van der Waals surface area contributed by atoms with Crippen molar-refractivity contribution in [2.45, 2.75) is 79.1 Å². The molecule has 0 amide bonds. The molecular formula is C17H37NO. The van der Waals surface area contributed by atoms with Gasteiger partial charge in [-0.05, 0) is 32.9 Å². The highest BCUT2D eigenvalue weighted by Gasteiger charge is 1.86. The Kier molecular flexibility index (Phi) is 37.6. The first kappa shape index (κ1) is 23.5. The van der Waals surface area contributed by atoms with Gasteiger partial charge in [-0.2, -0.15) is 0 Å². The molecule has 0 unspecified atom stereocenters. The lowest BCUT2D eigenvalue weighted by atomic mass is 10.1. The third-order valence-corrected chi connectivity index (χ3v) is 2.37. The Morgan fingerprint density at radius 3 is 1.89 bits per heavy atom. The Balaban J connectivity index is -0.000000361. The van der Waals surface area contributed by atoms with E-state index in [1.165, 1.54) is 44.9 Å². The average molecular weight is 271 g/mol. The van der Waals surface area contributed by atoms with Crippen LogP contribution < -0.4 is 5.32 Å². The summed E-state index contributed by atoms with van der Waals surface area (Å²) in [7, 11) is 2.00. The van der Waals surface area contributed by atoms with Gasteiger partial charge in [0.1, 0.15) is 6.29 Å². The molecule has 0 aliphatic rings. The number of hydrogen-bond donors (Lipinski definition) is 1. The molecule has 0 aromatic heterocycles. The van der Waals surface area contributed by atoms with E-state index in [2.05, 4.69) is 24.4 Å². The SMILES string of the molecule is CC.CCC=O.CCCCCCC/C=C\CCNC. The molecule has 0 saturated carbocycles. The fourth-order valence-electron chi connectivity index (χ4n) is 1.33. The number of carbonyl (C=O) groups excluding carboxylic acids is 1. The predicted octanol–water partition coefficient (Wildman–Crippen LogP) is 5.13. The van der Waals surface area contributed by atoms with E-state index >= 15 is 0 Å². The minimum absolute atomic E-state index is 0.639. The summed E-state index contributed by atoms with van der Waals surface area (Å²) in [5.41, 5.74) is 0. The summed E-state index contributed by atoms with van der Waals surface area (Å²) < 4.78 is 0. The van der Waals surface area contributed by atoms with Gasteiger partial charge in [0.15, 0.2) is 0 Å². The molecule has 0 heterocycles. The topological polar surface area (TPSA) is 29.1 Å². The van der Waals surface area contributed by atoms with Crippen molar-refractivity contribution in [1.82, 2.24) is 5.32 Å². The lowest BCUT2D eigenvalue weighted by molar-refractivity contribution is -0.107. The van der Waals surface area contributed by atoms with Gasteiger partial charge in [-0.25, -0.2) is 0 Å². The molecule has 2 heteroatoms. The molecule has 0 aliphatic heterocycles. The van der Waals surface area contributed by atoms with Gasteiger partial charge in [0.2, 0.25) is 0 Å². The van der Waals surface area contributed by atoms with Gasteiger partial charge >= 0.3 is 0 Å². The number of allylic oxidation sites excluding steroid dienone is 1. The van der Waals surface area contributed by atoms with Crippen molar-refractivity contribution >= 4 is 6.29 Å². The number of rotatable bonds is 10. The summed E-state index contributed by atoms with van der Waals surface area (Å²) >= 11 is 0. The molecule has 19 heavy (non-hydrogen) atoms. The Bertz CT molecular complexity index is 155. The van der Waals surface area contributed by atoms with Crippen molar-refractivity contribution < 1.29 is 4.79 Å². The highest BCUT2D eigenvalue weighted by Crippen LogP contribution is 2.05. The maximum absolute atomic E-state index is 9.17. The predicted molar refractivity (Wildman–Crippen MR) is 88.8 cm³/mol. The van der Waals surface area contributed by atoms with E-state index in [1.54, 1.807) is 0 Å². The van der Waals surface area contributed by atoms with Gasteiger partial charge in [0, 0.05) is 6.42 Å². The number of hydrogen-bond acceptors (Lipinski definition) is 2. The lowest BCUT2D eigenvalue weighted by Crippen LogP contribution is -2.05. The lowest BCUT2D eigenvalue weighted by Gasteiger charge is -1.96. The molecule has 116 valence electrons. The van der Waals surface area contributed by atoms with Crippen molar-refractivity contribution in [3.63, 3.8) is 0 Å². The maximum Gasteiger partial charge on any atom is 0.119 e. The number of nitrogens with one attached hydrogen (secondary N) is 1. The van der Waals surface area contributed by atoms with Crippen molar-refractivity contribution in [2.24, 2.45) is 0 Å². The van der Waals surface area contributed by atoms with E-state index in [-0.39, 0.29) is 0 Å². The van der Waals surface area contributed by atoms with Crippen molar-refractivity contribution in [2.75, 3.05) is 13.6 Å². The molecule has 1 N–H and O–H groups in total. The van der Waals surface area contributed by atoms with Crippen LogP contribution in [0.25, 0.3) is 0 Å². The van der Waals surface area contributed by atoms with Crippen molar-refractivity contribution in [3.05, 3.63) is 12.2 Å².